The molecule has 0 N–H and O–H groups in total. The highest BCUT2D eigenvalue weighted by Crippen LogP contribution is 2.18. The molecule has 4 nitrogen and oxygen atoms in total. The summed E-state index contributed by atoms with van der Waals surface area (Å²) in [6, 6.07) is 4.02. The molecule has 0 aliphatic heterocycles. The number of sulfonamides is 1. The largest absolute Gasteiger partial charge is 0.252 e. The molecule has 0 amide bonds. The summed E-state index contributed by atoms with van der Waals surface area (Å²) >= 11 is 0. The predicted octanol–water partition coefficient (Wildman–Crippen LogP) is 1.58. The minimum atomic E-state index is -4.15. The van der Waals surface area contributed by atoms with Gasteiger partial charge in [-0.3, -0.25) is 0 Å². The lowest BCUT2D eigenvalue weighted by Crippen LogP contribution is -2.31. The molecular formula is C10H9F3N2O2S. The molecule has 0 radical (unpaired) electrons. The van der Waals surface area contributed by atoms with Gasteiger partial charge in [0.15, 0.2) is 0 Å². The van der Waals surface area contributed by atoms with Crippen LogP contribution in [0, 0.1) is 17.1 Å². The Bertz CT molecular complexity index is 581. The van der Waals surface area contributed by atoms with E-state index >= 15 is 0 Å². The maximum absolute atomic E-state index is 13.0. The second kappa shape index (κ2) is 5.37. The fraction of sp³-hybridized carbons (Fsp3) is 0.300. The molecule has 0 bridgehead atoms. The Morgan fingerprint density at radius 2 is 2.06 bits per heavy atom. The van der Waals surface area contributed by atoms with Crippen molar-refractivity contribution in [3.05, 3.63) is 29.6 Å². The van der Waals surface area contributed by atoms with E-state index in [0.29, 0.717) is 4.31 Å². The van der Waals surface area contributed by atoms with E-state index in [9.17, 15) is 21.6 Å². The molecule has 0 heterocycles. The Morgan fingerprint density at radius 3 is 2.56 bits per heavy atom. The zero-order valence-electron chi connectivity index (χ0n) is 9.27. The SMILES string of the molecule is CN(CC(F)F)S(=O)(=O)c1ccc(F)c(C#N)c1. The number of alkyl halides is 2. The maximum atomic E-state index is 13.0. The van der Waals surface area contributed by atoms with E-state index in [-0.39, 0.29) is 0 Å². The first-order valence-electron chi connectivity index (χ1n) is 4.73. The normalized spacial score (nSPS) is 11.8. The minimum Gasteiger partial charge on any atom is -0.209 e. The van der Waals surface area contributed by atoms with Crippen molar-refractivity contribution in [2.75, 3.05) is 13.6 Å². The third kappa shape index (κ3) is 3.00. The molecule has 0 saturated heterocycles. The van der Waals surface area contributed by atoms with Crippen LogP contribution in [0.1, 0.15) is 5.56 Å². The molecule has 0 aliphatic carbocycles. The number of hydrogen-bond acceptors (Lipinski definition) is 3. The van der Waals surface area contributed by atoms with Gasteiger partial charge < -0.3 is 0 Å². The van der Waals surface area contributed by atoms with Gasteiger partial charge in [0.25, 0.3) is 6.43 Å². The predicted molar refractivity (Wildman–Crippen MR) is 56.9 cm³/mol. The van der Waals surface area contributed by atoms with Crippen LogP contribution >= 0.6 is 0 Å². The molecule has 8 heteroatoms. The van der Waals surface area contributed by atoms with Gasteiger partial charge in [-0.15, -0.1) is 0 Å². The molecule has 1 rings (SSSR count). The van der Waals surface area contributed by atoms with Gasteiger partial charge >= 0.3 is 0 Å². The van der Waals surface area contributed by atoms with Gasteiger partial charge in [-0.2, -0.15) is 9.57 Å². The average Bonchev–Trinajstić information content (AvgIpc) is 2.28. The van der Waals surface area contributed by atoms with Crippen molar-refractivity contribution in [1.82, 2.24) is 4.31 Å². The van der Waals surface area contributed by atoms with Crippen LogP contribution in [0.2, 0.25) is 0 Å². The third-order valence-electron chi connectivity index (χ3n) is 2.16. The summed E-state index contributed by atoms with van der Waals surface area (Å²) in [5.74, 6) is -0.868. The Hall–Kier alpha value is -1.59. The molecule has 0 atom stereocenters. The Kier molecular flexibility index (Phi) is 4.32. The number of nitriles is 1. The molecule has 98 valence electrons. The second-order valence-electron chi connectivity index (χ2n) is 3.43. The van der Waals surface area contributed by atoms with Crippen LogP contribution in [0.15, 0.2) is 23.1 Å². The fourth-order valence-electron chi connectivity index (χ4n) is 1.22. The maximum Gasteiger partial charge on any atom is 0.252 e. The first-order valence-corrected chi connectivity index (χ1v) is 6.17. The number of hydrogen-bond donors (Lipinski definition) is 0. The summed E-state index contributed by atoms with van der Waals surface area (Å²) in [5.41, 5.74) is -0.457. The van der Waals surface area contributed by atoms with Crippen LogP contribution in [0.3, 0.4) is 0 Å². The summed E-state index contributed by atoms with van der Waals surface area (Å²) < 4.78 is 61.3. The molecule has 18 heavy (non-hydrogen) atoms. The zero-order valence-corrected chi connectivity index (χ0v) is 10.1. The van der Waals surface area contributed by atoms with Gasteiger partial charge in [0.1, 0.15) is 11.9 Å². The molecule has 0 unspecified atom stereocenters. The van der Waals surface area contributed by atoms with Crippen LogP contribution in [0.4, 0.5) is 13.2 Å². The highest BCUT2D eigenvalue weighted by molar-refractivity contribution is 7.89. The van der Waals surface area contributed by atoms with Crippen molar-refractivity contribution in [1.29, 1.82) is 5.26 Å². The molecule has 0 spiro atoms. The van der Waals surface area contributed by atoms with Crippen LogP contribution in [-0.2, 0) is 10.0 Å². The fourth-order valence-corrected chi connectivity index (χ4v) is 2.40. The first-order chi connectivity index (χ1) is 8.28. The smallest absolute Gasteiger partial charge is 0.209 e. The van der Waals surface area contributed by atoms with E-state index in [0.717, 1.165) is 25.2 Å². The monoisotopic (exact) mass is 278 g/mol. The number of nitrogens with zero attached hydrogens (tertiary/aromatic N) is 2. The van der Waals surface area contributed by atoms with Crippen LogP contribution in [-0.4, -0.2) is 32.7 Å². The molecule has 0 fully saturated rings. The van der Waals surface area contributed by atoms with E-state index in [1.54, 1.807) is 0 Å². The zero-order chi connectivity index (χ0) is 13.9. The molecule has 0 aliphatic rings. The molecule has 1 aromatic rings. The topological polar surface area (TPSA) is 61.2 Å². The lowest BCUT2D eigenvalue weighted by atomic mass is 10.2. The lowest BCUT2D eigenvalue weighted by Gasteiger charge is -2.16. The second-order valence-corrected chi connectivity index (χ2v) is 5.47. The lowest BCUT2D eigenvalue weighted by molar-refractivity contribution is 0.126. The van der Waals surface area contributed by atoms with E-state index in [1.165, 1.54) is 6.07 Å². The van der Waals surface area contributed by atoms with Crippen molar-refractivity contribution in [2.24, 2.45) is 0 Å². The van der Waals surface area contributed by atoms with E-state index in [1.807, 2.05) is 0 Å². The van der Waals surface area contributed by atoms with Crippen molar-refractivity contribution >= 4 is 10.0 Å². The van der Waals surface area contributed by atoms with Crippen LogP contribution in [0.25, 0.3) is 0 Å². The Labute approximate surface area is 102 Å². The van der Waals surface area contributed by atoms with Crippen LogP contribution < -0.4 is 0 Å². The van der Waals surface area contributed by atoms with Crippen molar-refractivity contribution in [3.8, 4) is 6.07 Å². The number of rotatable bonds is 4. The summed E-state index contributed by atoms with van der Waals surface area (Å²) in [6.07, 6.45) is -2.82. The van der Waals surface area contributed by atoms with E-state index < -0.39 is 39.3 Å². The molecular weight excluding hydrogens is 269 g/mol. The van der Waals surface area contributed by atoms with Crippen molar-refractivity contribution < 1.29 is 21.6 Å². The van der Waals surface area contributed by atoms with E-state index in [4.69, 9.17) is 5.26 Å². The van der Waals surface area contributed by atoms with Gasteiger partial charge in [0.05, 0.1) is 17.0 Å². The van der Waals surface area contributed by atoms with Gasteiger partial charge in [0.2, 0.25) is 10.0 Å². The third-order valence-corrected chi connectivity index (χ3v) is 3.98. The summed E-state index contributed by atoms with van der Waals surface area (Å²) in [5, 5.41) is 8.57. The number of benzene rings is 1. The molecule has 0 saturated carbocycles. The summed E-state index contributed by atoms with van der Waals surface area (Å²) in [7, 11) is -3.16. The van der Waals surface area contributed by atoms with Gasteiger partial charge in [0, 0.05) is 7.05 Å². The van der Waals surface area contributed by atoms with Crippen molar-refractivity contribution in [3.63, 3.8) is 0 Å². The summed E-state index contributed by atoms with van der Waals surface area (Å²) in [6.45, 7) is -0.971. The molecule has 0 aromatic heterocycles. The van der Waals surface area contributed by atoms with Crippen LogP contribution in [0.5, 0.6) is 0 Å². The average molecular weight is 278 g/mol. The molecule has 1 aromatic carbocycles. The van der Waals surface area contributed by atoms with Gasteiger partial charge in [-0.25, -0.2) is 21.6 Å². The Balaban J connectivity index is 3.18. The Morgan fingerprint density at radius 1 is 1.44 bits per heavy atom. The summed E-state index contributed by atoms with van der Waals surface area (Å²) in [4.78, 5) is -0.399. The van der Waals surface area contributed by atoms with Gasteiger partial charge in [-0.1, -0.05) is 0 Å². The van der Waals surface area contributed by atoms with Gasteiger partial charge in [-0.05, 0) is 18.2 Å². The highest BCUT2D eigenvalue weighted by Gasteiger charge is 2.24. The number of halogens is 3. The highest BCUT2D eigenvalue weighted by atomic mass is 32.2. The first kappa shape index (κ1) is 14.5. The standard InChI is InChI=1S/C10H9F3N2O2S/c1-15(6-10(12)13)18(16,17)8-2-3-9(11)7(4-8)5-14/h2-4,10H,6H2,1H3. The van der Waals surface area contributed by atoms with Crippen molar-refractivity contribution in [2.45, 2.75) is 11.3 Å². The quantitative estimate of drug-likeness (QED) is 0.840. The van der Waals surface area contributed by atoms with E-state index in [2.05, 4.69) is 0 Å². The minimum absolute atomic E-state index is 0.399.